The van der Waals surface area contributed by atoms with Crippen LogP contribution in [0.3, 0.4) is 0 Å². The van der Waals surface area contributed by atoms with E-state index in [-0.39, 0.29) is 5.41 Å². The molecule has 0 aliphatic carbocycles. The minimum absolute atomic E-state index is 0.00643. The van der Waals surface area contributed by atoms with Gasteiger partial charge in [-0.3, -0.25) is 5.32 Å². The molecular formula is C21H30BrNO3Si. The number of carbonyl (C=O) groups excluding carboxylic acids is 1. The highest BCUT2D eigenvalue weighted by Crippen LogP contribution is 2.41. The predicted octanol–water partition coefficient (Wildman–Crippen LogP) is 6.61. The van der Waals surface area contributed by atoms with Crippen LogP contribution >= 0.6 is 15.9 Å². The Kier molecular flexibility index (Phi) is 6.32. The molecular weight excluding hydrogens is 422 g/mol. The number of hydrogen-bond acceptors (Lipinski definition) is 3. The average molecular weight is 452 g/mol. The Bertz CT molecular complexity index is 851. The van der Waals surface area contributed by atoms with E-state index in [0.717, 1.165) is 15.2 Å². The number of anilines is 1. The summed E-state index contributed by atoms with van der Waals surface area (Å²) in [6.07, 6.45) is -0.484. The highest BCUT2D eigenvalue weighted by Gasteiger charge is 2.22. The lowest BCUT2D eigenvalue weighted by molar-refractivity contribution is 0.0635. The van der Waals surface area contributed by atoms with Crippen molar-refractivity contribution in [2.45, 2.75) is 65.7 Å². The van der Waals surface area contributed by atoms with Gasteiger partial charge in [-0.2, -0.15) is 0 Å². The Balaban J connectivity index is 2.66. The smallest absolute Gasteiger partial charge is 0.412 e. The largest absolute Gasteiger partial charge is 0.546 e. The molecule has 0 aromatic heterocycles. The second-order valence-electron chi connectivity index (χ2n) is 9.04. The Morgan fingerprint density at radius 1 is 1.04 bits per heavy atom. The van der Waals surface area contributed by atoms with E-state index in [2.05, 4.69) is 73.3 Å². The zero-order valence-corrected chi connectivity index (χ0v) is 20.2. The molecule has 2 aromatic carbocycles. The summed E-state index contributed by atoms with van der Waals surface area (Å²) in [6.45, 7) is 16.3. The third-order valence-corrected chi connectivity index (χ3v) is 5.29. The highest BCUT2D eigenvalue weighted by atomic mass is 79.9. The maximum atomic E-state index is 12.5. The maximum Gasteiger partial charge on any atom is 0.412 e. The lowest BCUT2D eigenvalue weighted by Gasteiger charge is -2.24. The van der Waals surface area contributed by atoms with Crippen molar-refractivity contribution in [2.24, 2.45) is 0 Å². The lowest BCUT2D eigenvalue weighted by atomic mass is 9.85. The average Bonchev–Trinajstić information content (AvgIpc) is 2.47. The van der Waals surface area contributed by atoms with E-state index in [9.17, 15) is 4.79 Å². The van der Waals surface area contributed by atoms with Crippen molar-refractivity contribution in [3.05, 3.63) is 34.3 Å². The summed E-state index contributed by atoms with van der Waals surface area (Å²) in [7, 11) is -1.37. The topological polar surface area (TPSA) is 47.6 Å². The fraction of sp³-hybridized carbons (Fsp3) is 0.476. The third kappa shape index (κ3) is 5.72. The van der Waals surface area contributed by atoms with E-state index in [0.29, 0.717) is 11.4 Å². The second kappa shape index (κ2) is 7.84. The summed E-state index contributed by atoms with van der Waals surface area (Å²) < 4.78 is 12.5. The van der Waals surface area contributed by atoms with Crippen molar-refractivity contribution in [1.29, 1.82) is 0 Å². The molecule has 0 aliphatic heterocycles. The van der Waals surface area contributed by atoms with Gasteiger partial charge in [0.1, 0.15) is 11.4 Å². The lowest BCUT2D eigenvalue weighted by Crippen LogP contribution is -2.27. The number of rotatable bonds is 3. The Labute approximate surface area is 172 Å². The fourth-order valence-electron chi connectivity index (χ4n) is 2.71. The van der Waals surface area contributed by atoms with Gasteiger partial charge in [0.2, 0.25) is 9.04 Å². The minimum Gasteiger partial charge on any atom is -0.546 e. The van der Waals surface area contributed by atoms with Crippen LogP contribution in [0.1, 0.15) is 47.1 Å². The molecule has 0 spiro atoms. The van der Waals surface area contributed by atoms with Gasteiger partial charge < -0.3 is 9.16 Å². The van der Waals surface area contributed by atoms with Gasteiger partial charge in [-0.25, -0.2) is 4.79 Å². The van der Waals surface area contributed by atoms with Crippen molar-refractivity contribution in [2.75, 3.05) is 5.32 Å². The van der Waals surface area contributed by atoms with Crippen LogP contribution in [0.5, 0.6) is 5.75 Å². The number of halogens is 1. The zero-order chi connectivity index (χ0) is 20.6. The standard InChI is InChI=1S/C21H30BrNO3Si/c1-20(2,3)13-9-10-14-15(11-13)18(23-19(24)25-21(4,5)6)17(12-16(14)22)26-27(7)8/h9-12,27H,1-8H3,(H,23,24). The van der Waals surface area contributed by atoms with Gasteiger partial charge >= 0.3 is 6.09 Å². The summed E-state index contributed by atoms with van der Waals surface area (Å²) in [4.78, 5) is 12.5. The van der Waals surface area contributed by atoms with Crippen molar-refractivity contribution in [1.82, 2.24) is 0 Å². The first-order chi connectivity index (χ1) is 12.3. The van der Waals surface area contributed by atoms with Crippen molar-refractivity contribution < 1.29 is 14.0 Å². The van der Waals surface area contributed by atoms with Gasteiger partial charge in [0.15, 0.2) is 0 Å². The first kappa shape index (κ1) is 21.8. The first-order valence-electron chi connectivity index (χ1n) is 9.21. The van der Waals surface area contributed by atoms with E-state index in [1.54, 1.807) is 0 Å². The molecule has 2 aromatic rings. The van der Waals surface area contributed by atoms with Crippen LogP contribution in [-0.2, 0) is 10.2 Å². The van der Waals surface area contributed by atoms with Crippen LogP contribution in [0, 0.1) is 0 Å². The van der Waals surface area contributed by atoms with Crippen LogP contribution in [-0.4, -0.2) is 20.7 Å². The monoisotopic (exact) mass is 451 g/mol. The van der Waals surface area contributed by atoms with Crippen LogP contribution in [0.25, 0.3) is 10.8 Å². The van der Waals surface area contributed by atoms with Crippen LogP contribution < -0.4 is 9.74 Å². The normalized spacial score (nSPS) is 12.4. The van der Waals surface area contributed by atoms with Crippen LogP contribution in [0.2, 0.25) is 13.1 Å². The van der Waals surface area contributed by atoms with E-state index < -0.39 is 20.7 Å². The molecule has 0 unspecified atom stereocenters. The molecule has 1 N–H and O–H groups in total. The van der Waals surface area contributed by atoms with E-state index in [1.807, 2.05) is 26.8 Å². The molecule has 0 bridgehead atoms. The van der Waals surface area contributed by atoms with Gasteiger partial charge in [-0.1, -0.05) is 48.8 Å². The quantitative estimate of drug-likeness (QED) is 0.533. The summed E-state index contributed by atoms with van der Waals surface area (Å²) in [5, 5.41) is 4.89. The molecule has 0 saturated carbocycles. The Hall–Kier alpha value is -1.53. The number of fused-ring (bicyclic) bond motifs is 1. The van der Waals surface area contributed by atoms with Gasteiger partial charge in [-0.15, -0.1) is 0 Å². The Morgan fingerprint density at radius 2 is 1.67 bits per heavy atom. The molecule has 0 aliphatic rings. The highest BCUT2D eigenvalue weighted by molar-refractivity contribution is 9.10. The molecule has 1 amide bonds. The molecule has 4 nitrogen and oxygen atoms in total. The molecule has 0 radical (unpaired) electrons. The number of carbonyl (C=O) groups is 1. The predicted molar refractivity (Wildman–Crippen MR) is 120 cm³/mol. The minimum atomic E-state index is -1.37. The van der Waals surface area contributed by atoms with Crippen molar-refractivity contribution >= 4 is 47.5 Å². The number of amides is 1. The number of ether oxygens (including phenoxy) is 1. The molecule has 0 fully saturated rings. The molecule has 0 heterocycles. The number of nitrogens with one attached hydrogen (secondary N) is 1. The summed E-state index contributed by atoms with van der Waals surface area (Å²) >= 11 is 3.65. The molecule has 0 atom stereocenters. The van der Waals surface area contributed by atoms with Crippen molar-refractivity contribution in [3.63, 3.8) is 0 Å². The Morgan fingerprint density at radius 3 is 2.19 bits per heavy atom. The van der Waals surface area contributed by atoms with Gasteiger partial charge in [0, 0.05) is 9.86 Å². The van der Waals surface area contributed by atoms with E-state index in [4.69, 9.17) is 9.16 Å². The van der Waals surface area contributed by atoms with Gasteiger partial charge in [0.05, 0.1) is 5.69 Å². The summed E-state index contributed by atoms with van der Waals surface area (Å²) in [6, 6.07) is 8.26. The number of benzene rings is 2. The zero-order valence-electron chi connectivity index (χ0n) is 17.5. The van der Waals surface area contributed by atoms with E-state index >= 15 is 0 Å². The molecule has 6 heteroatoms. The van der Waals surface area contributed by atoms with Crippen LogP contribution in [0.4, 0.5) is 10.5 Å². The second-order valence-corrected chi connectivity index (χ2v) is 12.2. The van der Waals surface area contributed by atoms with Crippen LogP contribution in [0.15, 0.2) is 28.7 Å². The van der Waals surface area contributed by atoms with Gasteiger partial charge in [0.25, 0.3) is 0 Å². The number of hydrogen-bond donors (Lipinski definition) is 1. The van der Waals surface area contributed by atoms with E-state index in [1.165, 1.54) is 5.56 Å². The molecule has 27 heavy (non-hydrogen) atoms. The SMILES string of the molecule is C[SiH](C)Oc1cc(Br)c2ccc(C(C)(C)C)cc2c1NC(=O)OC(C)(C)C. The molecule has 0 saturated heterocycles. The van der Waals surface area contributed by atoms with Gasteiger partial charge in [-0.05, 0) is 62.4 Å². The third-order valence-electron chi connectivity index (χ3n) is 3.91. The summed E-state index contributed by atoms with van der Waals surface area (Å²) in [5.41, 5.74) is 1.27. The molecule has 148 valence electrons. The summed E-state index contributed by atoms with van der Waals surface area (Å²) in [5.74, 6) is 0.674. The first-order valence-corrected chi connectivity index (χ1v) is 12.8. The van der Waals surface area contributed by atoms with Crippen molar-refractivity contribution in [3.8, 4) is 5.75 Å². The molecule has 2 rings (SSSR count). The maximum absolute atomic E-state index is 12.5. The fourth-order valence-corrected chi connectivity index (χ4v) is 3.95.